The van der Waals surface area contributed by atoms with E-state index in [0.717, 1.165) is 25.2 Å². The first-order valence-electron chi connectivity index (χ1n) is 6.89. The van der Waals surface area contributed by atoms with Gasteiger partial charge in [0.15, 0.2) is 0 Å². The minimum atomic E-state index is 0.0998. The fourth-order valence-corrected chi connectivity index (χ4v) is 2.25. The third-order valence-corrected chi connectivity index (χ3v) is 3.66. The molecule has 0 aromatic carbocycles. The van der Waals surface area contributed by atoms with E-state index in [2.05, 4.69) is 29.1 Å². The second kappa shape index (κ2) is 5.65. The predicted molar refractivity (Wildman–Crippen MR) is 74.6 cm³/mol. The van der Waals surface area contributed by atoms with Gasteiger partial charge in [-0.2, -0.15) is 0 Å². The van der Waals surface area contributed by atoms with Crippen molar-refractivity contribution in [3.05, 3.63) is 17.6 Å². The van der Waals surface area contributed by atoms with Crippen LogP contribution in [-0.2, 0) is 12.8 Å². The molecule has 0 atom stereocenters. The largest absolute Gasteiger partial charge is 0.369 e. The third-order valence-electron chi connectivity index (χ3n) is 3.66. The van der Waals surface area contributed by atoms with E-state index in [4.69, 9.17) is 5.73 Å². The van der Waals surface area contributed by atoms with Crippen LogP contribution in [0.15, 0.2) is 6.33 Å². The fourth-order valence-electron chi connectivity index (χ4n) is 2.25. The van der Waals surface area contributed by atoms with E-state index in [1.807, 2.05) is 0 Å². The van der Waals surface area contributed by atoms with Crippen molar-refractivity contribution < 1.29 is 0 Å². The number of nitrogens with one attached hydrogen (secondary N) is 1. The second-order valence-electron chi connectivity index (χ2n) is 5.93. The van der Waals surface area contributed by atoms with Gasteiger partial charge < -0.3 is 11.1 Å². The van der Waals surface area contributed by atoms with Crippen molar-refractivity contribution in [3.63, 3.8) is 0 Å². The van der Waals surface area contributed by atoms with Gasteiger partial charge in [0.05, 0.1) is 0 Å². The highest BCUT2D eigenvalue weighted by molar-refractivity contribution is 5.46. The highest BCUT2D eigenvalue weighted by Crippen LogP contribution is 2.24. The number of hydrogen-bond acceptors (Lipinski definition) is 4. The van der Waals surface area contributed by atoms with Crippen molar-refractivity contribution >= 4 is 5.82 Å². The number of fused-ring (bicyclic) bond motifs is 1. The summed E-state index contributed by atoms with van der Waals surface area (Å²) in [5.74, 6) is 1.02. The molecule has 0 amide bonds. The minimum Gasteiger partial charge on any atom is -0.369 e. The molecule has 1 aliphatic rings. The van der Waals surface area contributed by atoms with Crippen LogP contribution in [-0.4, -0.2) is 23.1 Å². The van der Waals surface area contributed by atoms with Gasteiger partial charge in [0.25, 0.3) is 0 Å². The average Bonchev–Trinajstić information content (AvgIpc) is 2.62. The molecule has 3 N–H and O–H groups in total. The number of nitrogens with two attached hydrogens (primary N) is 1. The van der Waals surface area contributed by atoms with E-state index >= 15 is 0 Å². The summed E-state index contributed by atoms with van der Waals surface area (Å²) in [5.41, 5.74) is 8.41. The molecule has 0 spiro atoms. The monoisotopic (exact) mass is 248 g/mol. The van der Waals surface area contributed by atoms with Gasteiger partial charge in [-0.15, -0.1) is 0 Å². The lowest BCUT2D eigenvalue weighted by Gasteiger charge is -2.24. The lowest BCUT2D eigenvalue weighted by Crippen LogP contribution is -2.31. The Kier molecular flexibility index (Phi) is 4.17. The summed E-state index contributed by atoms with van der Waals surface area (Å²) < 4.78 is 0. The molecule has 4 heteroatoms. The maximum Gasteiger partial charge on any atom is 0.132 e. The maximum absolute atomic E-state index is 5.76. The summed E-state index contributed by atoms with van der Waals surface area (Å²) in [6.45, 7) is 5.86. The molecular formula is C14H24N4. The van der Waals surface area contributed by atoms with Crippen LogP contribution in [0, 0.1) is 5.41 Å². The first kappa shape index (κ1) is 13.3. The van der Waals surface area contributed by atoms with Crippen LogP contribution in [0.2, 0.25) is 0 Å². The van der Waals surface area contributed by atoms with Gasteiger partial charge in [0.1, 0.15) is 12.1 Å². The van der Waals surface area contributed by atoms with Gasteiger partial charge in [0, 0.05) is 17.8 Å². The molecule has 4 nitrogen and oxygen atoms in total. The Balaban J connectivity index is 2.13. The van der Waals surface area contributed by atoms with Crippen LogP contribution in [0.1, 0.15) is 44.4 Å². The first-order chi connectivity index (χ1) is 8.62. The molecule has 0 bridgehead atoms. The van der Waals surface area contributed by atoms with Crippen LogP contribution in [0.3, 0.4) is 0 Å². The highest BCUT2D eigenvalue weighted by Gasteiger charge is 2.18. The van der Waals surface area contributed by atoms with Crippen LogP contribution in [0.25, 0.3) is 0 Å². The summed E-state index contributed by atoms with van der Waals surface area (Å²) in [6.07, 6.45) is 7.66. The summed E-state index contributed by atoms with van der Waals surface area (Å²) in [7, 11) is 0. The summed E-state index contributed by atoms with van der Waals surface area (Å²) in [6, 6.07) is 0. The van der Waals surface area contributed by atoms with E-state index < -0.39 is 0 Å². The number of anilines is 1. The molecule has 1 aliphatic carbocycles. The fraction of sp³-hybridized carbons (Fsp3) is 0.714. The van der Waals surface area contributed by atoms with Crippen molar-refractivity contribution in [2.24, 2.45) is 11.1 Å². The Morgan fingerprint density at radius 2 is 2.00 bits per heavy atom. The zero-order valence-corrected chi connectivity index (χ0v) is 11.5. The smallest absolute Gasteiger partial charge is 0.132 e. The van der Waals surface area contributed by atoms with Gasteiger partial charge in [-0.05, 0) is 37.6 Å². The molecule has 0 aliphatic heterocycles. The zero-order valence-electron chi connectivity index (χ0n) is 11.5. The summed E-state index contributed by atoms with van der Waals surface area (Å²) in [4.78, 5) is 8.84. The topological polar surface area (TPSA) is 63.8 Å². The highest BCUT2D eigenvalue weighted by atomic mass is 15.0. The van der Waals surface area contributed by atoms with Crippen LogP contribution < -0.4 is 11.1 Å². The van der Waals surface area contributed by atoms with Crippen LogP contribution in [0.5, 0.6) is 0 Å². The summed E-state index contributed by atoms with van der Waals surface area (Å²) in [5, 5.41) is 3.46. The van der Waals surface area contributed by atoms with Crippen molar-refractivity contribution in [1.82, 2.24) is 9.97 Å². The average molecular weight is 248 g/mol. The maximum atomic E-state index is 5.76. The van der Waals surface area contributed by atoms with E-state index in [9.17, 15) is 0 Å². The SMILES string of the molecule is CC(C)(CN)CNc1ncnc2c1CCCCC2. The molecule has 1 heterocycles. The van der Waals surface area contributed by atoms with E-state index in [0.29, 0.717) is 6.54 Å². The standard InChI is InChI=1S/C14H24N4/c1-14(2,8-15)9-16-13-11-6-4-3-5-7-12(11)17-10-18-13/h10H,3-9,15H2,1-2H3,(H,16,17,18). The van der Waals surface area contributed by atoms with E-state index in [1.165, 1.54) is 30.5 Å². The molecule has 0 saturated carbocycles. The van der Waals surface area contributed by atoms with Gasteiger partial charge in [-0.3, -0.25) is 0 Å². The van der Waals surface area contributed by atoms with Crippen molar-refractivity contribution in [3.8, 4) is 0 Å². The molecule has 1 aromatic heterocycles. The van der Waals surface area contributed by atoms with Gasteiger partial charge in [-0.25, -0.2) is 9.97 Å². The third kappa shape index (κ3) is 3.19. The van der Waals surface area contributed by atoms with Crippen molar-refractivity contribution in [1.29, 1.82) is 0 Å². The Hall–Kier alpha value is -1.16. The Morgan fingerprint density at radius 1 is 1.22 bits per heavy atom. The molecule has 2 rings (SSSR count). The number of aromatic nitrogens is 2. The van der Waals surface area contributed by atoms with E-state index in [1.54, 1.807) is 6.33 Å². The molecule has 0 radical (unpaired) electrons. The lowest BCUT2D eigenvalue weighted by atomic mass is 9.94. The Bertz CT molecular complexity index is 401. The molecular weight excluding hydrogens is 224 g/mol. The minimum absolute atomic E-state index is 0.0998. The van der Waals surface area contributed by atoms with Crippen molar-refractivity contribution in [2.45, 2.75) is 46.0 Å². The number of rotatable bonds is 4. The molecule has 0 unspecified atom stereocenters. The number of nitrogens with zero attached hydrogens (tertiary/aromatic N) is 2. The molecule has 0 fully saturated rings. The summed E-state index contributed by atoms with van der Waals surface area (Å²) >= 11 is 0. The lowest BCUT2D eigenvalue weighted by molar-refractivity contribution is 0.405. The molecule has 18 heavy (non-hydrogen) atoms. The van der Waals surface area contributed by atoms with Gasteiger partial charge >= 0.3 is 0 Å². The Morgan fingerprint density at radius 3 is 2.78 bits per heavy atom. The van der Waals surface area contributed by atoms with E-state index in [-0.39, 0.29) is 5.41 Å². The second-order valence-corrected chi connectivity index (χ2v) is 5.93. The zero-order chi connectivity index (χ0) is 13.0. The quantitative estimate of drug-likeness (QED) is 0.801. The van der Waals surface area contributed by atoms with Crippen LogP contribution in [0.4, 0.5) is 5.82 Å². The number of aryl methyl sites for hydroxylation is 1. The molecule has 0 saturated heterocycles. The molecule has 1 aromatic rings. The van der Waals surface area contributed by atoms with Gasteiger partial charge in [0.2, 0.25) is 0 Å². The van der Waals surface area contributed by atoms with Crippen molar-refractivity contribution in [2.75, 3.05) is 18.4 Å². The van der Waals surface area contributed by atoms with Gasteiger partial charge in [-0.1, -0.05) is 20.3 Å². The Labute approximate surface area is 109 Å². The first-order valence-corrected chi connectivity index (χ1v) is 6.89. The predicted octanol–water partition coefficient (Wildman–Crippen LogP) is 2.14. The molecule has 100 valence electrons. The number of hydrogen-bond donors (Lipinski definition) is 2. The van der Waals surface area contributed by atoms with Crippen LogP contribution >= 0.6 is 0 Å². The normalized spacial score (nSPS) is 15.9.